The number of hydrogen-bond acceptors (Lipinski definition) is 6. The Morgan fingerprint density at radius 3 is 2.45 bits per heavy atom. The molecule has 0 amide bonds. The lowest BCUT2D eigenvalue weighted by molar-refractivity contribution is 0.182. The Morgan fingerprint density at radius 2 is 1.95 bits per heavy atom. The molecule has 8 heteroatoms. The van der Waals surface area contributed by atoms with Gasteiger partial charge in [-0.25, -0.2) is 13.1 Å². The van der Waals surface area contributed by atoms with E-state index >= 15 is 0 Å². The lowest BCUT2D eigenvalue weighted by Gasteiger charge is -2.13. The van der Waals surface area contributed by atoms with Crippen molar-refractivity contribution in [3.05, 3.63) is 41.3 Å². The Balaban J connectivity index is 2.08. The van der Waals surface area contributed by atoms with Gasteiger partial charge in [0.25, 0.3) is 0 Å². The van der Waals surface area contributed by atoms with E-state index in [1.165, 1.54) is 6.92 Å². The second-order valence-electron chi connectivity index (χ2n) is 4.79. The third-order valence-corrected chi connectivity index (χ3v) is 5.61. The Labute approximate surface area is 134 Å². The zero-order valence-corrected chi connectivity index (χ0v) is 14.2. The first kappa shape index (κ1) is 17.0. The van der Waals surface area contributed by atoms with E-state index in [0.29, 0.717) is 11.3 Å². The van der Waals surface area contributed by atoms with Crippen molar-refractivity contribution in [2.45, 2.75) is 29.7 Å². The van der Waals surface area contributed by atoms with Crippen LogP contribution in [0.4, 0.5) is 0 Å². The minimum absolute atomic E-state index is 0.0254. The molecule has 1 heterocycles. The van der Waals surface area contributed by atoms with Crippen LogP contribution in [0.1, 0.15) is 23.1 Å². The zero-order chi connectivity index (χ0) is 16.3. The van der Waals surface area contributed by atoms with E-state index in [2.05, 4.69) is 9.88 Å². The second kappa shape index (κ2) is 6.82. The van der Waals surface area contributed by atoms with Crippen molar-refractivity contribution < 1.29 is 18.0 Å². The van der Waals surface area contributed by atoms with Gasteiger partial charge in [-0.1, -0.05) is 17.3 Å². The largest absolute Gasteiger partial charge is 0.387 e. The molecular formula is C14H18N2O4S2. The minimum atomic E-state index is -3.76. The molecule has 120 valence electrons. The van der Waals surface area contributed by atoms with Gasteiger partial charge in [-0.2, -0.15) is 0 Å². The molecule has 0 fully saturated rings. The van der Waals surface area contributed by atoms with Crippen LogP contribution in [0.2, 0.25) is 0 Å². The summed E-state index contributed by atoms with van der Waals surface area (Å²) in [7, 11) is -3.76. The Hall–Kier alpha value is -1.35. The van der Waals surface area contributed by atoms with Crippen LogP contribution in [0.15, 0.2) is 38.6 Å². The molecule has 0 aliphatic rings. The highest BCUT2D eigenvalue weighted by atomic mass is 32.2. The molecule has 0 aliphatic heterocycles. The lowest BCUT2D eigenvalue weighted by Crippen LogP contribution is -2.29. The Kier molecular flexibility index (Phi) is 5.28. The van der Waals surface area contributed by atoms with Crippen LogP contribution in [0, 0.1) is 13.8 Å². The number of aromatic nitrogens is 1. The van der Waals surface area contributed by atoms with Crippen LogP contribution in [0.25, 0.3) is 0 Å². The summed E-state index contributed by atoms with van der Waals surface area (Å²) in [6.07, 6.45) is 1.04. The molecule has 0 radical (unpaired) electrons. The summed E-state index contributed by atoms with van der Waals surface area (Å²) in [6, 6.07) is 7.32. The molecule has 1 aromatic carbocycles. The fourth-order valence-electron chi connectivity index (χ4n) is 2.06. The fourth-order valence-corrected chi connectivity index (χ4v) is 3.83. The van der Waals surface area contributed by atoms with Crippen LogP contribution in [0.5, 0.6) is 0 Å². The SMILES string of the molecule is CSc1ccc(C(O)CNS(=O)(=O)c2c(C)noc2C)cc1. The van der Waals surface area contributed by atoms with Gasteiger partial charge in [0.15, 0.2) is 5.76 Å². The van der Waals surface area contributed by atoms with Crippen LogP contribution in [-0.4, -0.2) is 31.5 Å². The van der Waals surface area contributed by atoms with Crippen LogP contribution < -0.4 is 4.72 Å². The van der Waals surface area contributed by atoms with E-state index in [-0.39, 0.29) is 17.2 Å². The third-order valence-electron chi connectivity index (χ3n) is 3.20. The smallest absolute Gasteiger partial charge is 0.246 e. The van der Waals surface area contributed by atoms with Crippen molar-refractivity contribution in [3.63, 3.8) is 0 Å². The maximum atomic E-state index is 12.2. The summed E-state index contributed by atoms with van der Waals surface area (Å²) < 4.78 is 31.7. The predicted octanol–water partition coefficient (Wildman–Crippen LogP) is 2.03. The maximum absolute atomic E-state index is 12.2. The summed E-state index contributed by atoms with van der Waals surface area (Å²) in [5.74, 6) is 0.226. The molecular weight excluding hydrogens is 324 g/mol. The standard InChI is InChI=1S/C14H18N2O4S2/c1-9-14(10(2)20-16-9)22(18,19)15-8-13(17)11-4-6-12(21-3)7-5-11/h4-7,13,15,17H,8H2,1-3H3. The molecule has 0 aliphatic carbocycles. The van der Waals surface area contributed by atoms with Crippen LogP contribution >= 0.6 is 11.8 Å². The quantitative estimate of drug-likeness (QED) is 0.780. The van der Waals surface area contributed by atoms with Gasteiger partial charge in [0, 0.05) is 11.4 Å². The predicted molar refractivity (Wildman–Crippen MR) is 84.3 cm³/mol. The van der Waals surface area contributed by atoms with Gasteiger partial charge >= 0.3 is 0 Å². The number of aliphatic hydroxyl groups excluding tert-OH is 1. The molecule has 0 saturated heterocycles. The number of sulfonamides is 1. The van der Waals surface area contributed by atoms with E-state index < -0.39 is 16.1 Å². The summed E-state index contributed by atoms with van der Waals surface area (Å²) in [5, 5.41) is 13.7. The maximum Gasteiger partial charge on any atom is 0.246 e. The van der Waals surface area contributed by atoms with E-state index in [1.54, 1.807) is 30.8 Å². The lowest BCUT2D eigenvalue weighted by atomic mass is 10.1. The van der Waals surface area contributed by atoms with Gasteiger partial charge in [-0.05, 0) is 37.8 Å². The van der Waals surface area contributed by atoms with Crippen molar-refractivity contribution in [1.82, 2.24) is 9.88 Å². The molecule has 2 rings (SSSR count). The number of rotatable bonds is 6. The molecule has 0 bridgehead atoms. The molecule has 22 heavy (non-hydrogen) atoms. The molecule has 1 atom stereocenters. The van der Waals surface area contributed by atoms with Crippen molar-refractivity contribution in [3.8, 4) is 0 Å². The molecule has 6 nitrogen and oxygen atoms in total. The number of nitrogens with one attached hydrogen (secondary N) is 1. The average molecular weight is 342 g/mol. The summed E-state index contributed by atoms with van der Waals surface area (Å²) in [6.45, 7) is 2.97. The second-order valence-corrected chi connectivity index (χ2v) is 7.38. The molecule has 2 aromatic rings. The molecule has 2 N–H and O–H groups in total. The highest BCUT2D eigenvalue weighted by molar-refractivity contribution is 7.98. The van der Waals surface area contributed by atoms with Gasteiger partial charge < -0.3 is 9.63 Å². The third kappa shape index (κ3) is 3.70. The van der Waals surface area contributed by atoms with E-state index in [1.807, 2.05) is 18.4 Å². The van der Waals surface area contributed by atoms with Crippen molar-refractivity contribution in [2.24, 2.45) is 0 Å². The molecule has 0 spiro atoms. The number of aryl methyl sites for hydroxylation is 2. The number of benzene rings is 1. The van der Waals surface area contributed by atoms with E-state index in [4.69, 9.17) is 4.52 Å². The number of aliphatic hydroxyl groups is 1. The van der Waals surface area contributed by atoms with Crippen molar-refractivity contribution in [1.29, 1.82) is 0 Å². The Morgan fingerprint density at radius 1 is 1.32 bits per heavy atom. The first-order valence-electron chi connectivity index (χ1n) is 6.59. The zero-order valence-electron chi connectivity index (χ0n) is 12.5. The first-order chi connectivity index (χ1) is 10.3. The van der Waals surface area contributed by atoms with Crippen LogP contribution in [0.3, 0.4) is 0 Å². The fraction of sp³-hybridized carbons (Fsp3) is 0.357. The molecule has 1 aromatic heterocycles. The number of thioether (sulfide) groups is 1. The monoisotopic (exact) mass is 342 g/mol. The summed E-state index contributed by atoms with van der Waals surface area (Å²) in [5.41, 5.74) is 0.947. The van der Waals surface area contributed by atoms with Crippen LogP contribution in [-0.2, 0) is 10.0 Å². The van der Waals surface area contributed by atoms with Gasteiger partial charge in [0.05, 0.1) is 6.10 Å². The highest BCUT2D eigenvalue weighted by Crippen LogP contribution is 2.21. The topological polar surface area (TPSA) is 92.4 Å². The van der Waals surface area contributed by atoms with Crippen molar-refractivity contribution in [2.75, 3.05) is 12.8 Å². The average Bonchev–Trinajstić information content (AvgIpc) is 2.84. The summed E-state index contributed by atoms with van der Waals surface area (Å²) >= 11 is 1.60. The van der Waals surface area contributed by atoms with E-state index in [9.17, 15) is 13.5 Å². The Bertz CT molecular complexity index is 719. The normalized spacial score (nSPS) is 13.3. The minimum Gasteiger partial charge on any atom is -0.387 e. The number of hydrogen-bond donors (Lipinski definition) is 2. The van der Waals surface area contributed by atoms with Gasteiger partial charge in [-0.15, -0.1) is 11.8 Å². The molecule has 0 saturated carbocycles. The summed E-state index contributed by atoms with van der Waals surface area (Å²) in [4.78, 5) is 1.10. The van der Waals surface area contributed by atoms with Gasteiger partial charge in [0.2, 0.25) is 10.0 Å². The first-order valence-corrected chi connectivity index (χ1v) is 9.30. The highest BCUT2D eigenvalue weighted by Gasteiger charge is 2.24. The number of nitrogens with zero attached hydrogens (tertiary/aromatic N) is 1. The molecule has 1 unspecified atom stereocenters. The van der Waals surface area contributed by atoms with Crippen molar-refractivity contribution >= 4 is 21.8 Å². The van der Waals surface area contributed by atoms with Gasteiger partial charge in [0.1, 0.15) is 10.6 Å². The van der Waals surface area contributed by atoms with E-state index in [0.717, 1.165) is 4.90 Å². The van der Waals surface area contributed by atoms with Gasteiger partial charge in [-0.3, -0.25) is 0 Å².